The summed E-state index contributed by atoms with van der Waals surface area (Å²) in [4.78, 5) is 4.11. The van der Waals surface area contributed by atoms with E-state index in [1.54, 1.807) is 19.5 Å². The maximum Gasteiger partial charge on any atom is 0.213 e. The lowest BCUT2D eigenvalue weighted by Gasteiger charge is -2.06. The van der Waals surface area contributed by atoms with E-state index in [1.165, 1.54) is 0 Å². The molecule has 0 spiro atoms. The molecule has 0 unspecified atom stereocenters. The molecule has 2 aromatic heterocycles. The number of nitrogens with zero attached hydrogens (tertiary/aromatic N) is 3. The second-order valence-corrected chi connectivity index (χ2v) is 3.39. The van der Waals surface area contributed by atoms with Gasteiger partial charge in [-0.3, -0.25) is 4.68 Å². The van der Waals surface area contributed by atoms with Crippen LogP contribution in [-0.2, 0) is 13.6 Å². The molecular formula is C11H14N4O. The molecule has 0 aliphatic heterocycles. The van der Waals surface area contributed by atoms with Crippen LogP contribution in [0.5, 0.6) is 5.88 Å². The van der Waals surface area contributed by atoms with Crippen LogP contribution in [0.2, 0.25) is 0 Å². The number of anilines is 1. The molecule has 5 heteroatoms. The minimum Gasteiger partial charge on any atom is -0.481 e. The summed E-state index contributed by atoms with van der Waals surface area (Å²) in [6.45, 7) is 0.727. The average Bonchev–Trinajstić information content (AvgIpc) is 2.73. The third-order valence-electron chi connectivity index (χ3n) is 2.34. The summed E-state index contributed by atoms with van der Waals surface area (Å²) in [5.41, 5.74) is 2.08. The highest BCUT2D eigenvalue weighted by Crippen LogP contribution is 2.11. The fraction of sp³-hybridized carbons (Fsp3) is 0.273. The van der Waals surface area contributed by atoms with Crippen molar-refractivity contribution in [1.29, 1.82) is 0 Å². The van der Waals surface area contributed by atoms with E-state index in [9.17, 15) is 0 Å². The monoisotopic (exact) mass is 218 g/mol. The van der Waals surface area contributed by atoms with E-state index in [0.29, 0.717) is 5.88 Å². The first-order valence-electron chi connectivity index (χ1n) is 5.00. The molecule has 0 radical (unpaired) electrons. The number of ether oxygens (including phenoxy) is 1. The molecule has 0 saturated carbocycles. The normalized spacial score (nSPS) is 10.1. The van der Waals surface area contributed by atoms with Crippen LogP contribution >= 0.6 is 0 Å². The molecule has 0 aliphatic rings. The summed E-state index contributed by atoms with van der Waals surface area (Å²) in [6.07, 6.45) is 3.53. The standard InChI is InChI=1S/C11H14N4O/c1-15-10(5-6-14-15)8-12-9-3-4-11(16-2)13-7-9/h3-7,12H,8H2,1-2H3. The molecule has 5 nitrogen and oxygen atoms in total. The van der Waals surface area contributed by atoms with Gasteiger partial charge in [0.1, 0.15) is 0 Å². The number of nitrogens with one attached hydrogen (secondary N) is 1. The van der Waals surface area contributed by atoms with Crippen LogP contribution in [0.4, 0.5) is 5.69 Å². The Hall–Kier alpha value is -2.04. The molecule has 0 bridgehead atoms. The smallest absolute Gasteiger partial charge is 0.213 e. The van der Waals surface area contributed by atoms with E-state index in [-0.39, 0.29) is 0 Å². The van der Waals surface area contributed by atoms with Crippen molar-refractivity contribution in [2.24, 2.45) is 7.05 Å². The largest absolute Gasteiger partial charge is 0.481 e. The Bertz CT molecular complexity index is 449. The number of hydrogen-bond acceptors (Lipinski definition) is 4. The van der Waals surface area contributed by atoms with E-state index in [1.807, 2.05) is 29.9 Å². The summed E-state index contributed by atoms with van der Waals surface area (Å²) >= 11 is 0. The van der Waals surface area contributed by atoms with Gasteiger partial charge >= 0.3 is 0 Å². The van der Waals surface area contributed by atoms with Gasteiger partial charge in [-0.05, 0) is 12.1 Å². The summed E-state index contributed by atoms with van der Waals surface area (Å²) in [7, 11) is 3.52. The lowest BCUT2D eigenvalue weighted by Crippen LogP contribution is -2.05. The number of pyridine rings is 1. The average molecular weight is 218 g/mol. The maximum atomic E-state index is 4.99. The van der Waals surface area contributed by atoms with Crippen LogP contribution in [0, 0.1) is 0 Å². The molecule has 2 aromatic rings. The summed E-state index contributed by atoms with van der Waals surface area (Å²) in [5, 5.41) is 7.36. The van der Waals surface area contributed by atoms with Gasteiger partial charge < -0.3 is 10.1 Å². The molecule has 2 heterocycles. The highest BCUT2D eigenvalue weighted by Gasteiger charge is 1.99. The zero-order valence-electron chi connectivity index (χ0n) is 9.34. The summed E-state index contributed by atoms with van der Waals surface area (Å²) in [6, 6.07) is 5.73. The Kier molecular flexibility index (Phi) is 3.05. The highest BCUT2D eigenvalue weighted by molar-refractivity contribution is 5.42. The Morgan fingerprint density at radius 1 is 1.38 bits per heavy atom. The number of rotatable bonds is 4. The lowest BCUT2D eigenvalue weighted by molar-refractivity contribution is 0.398. The zero-order chi connectivity index (χ0) is 11.4. The van der Waals surface area contributed by atoms with Crippen molar-refractivity contribution in [3.63, 3.8) is 0 Å². The van der Waals surface area contributed by atoms with E-state index in [0.717, 1.165) is 17.9 Å². The first-order valence-corrected chi connectivity index (χ1v) is 5.00. The second-order valence-electron chi connectivity index (χ2n) is 3.39. The van der Waals surface area contributed by atoms with Gasteiger partial charge in [0.2, 0.25) is 5.88 Å². The number of hydrogen-bond donors (Lipinski definition) is 1. The van der Waals surface area contributed by atoms with E-state index in [2.05, 4.69) is 15.4 Å². The summed E-state index contributed by atoms with van der Waals surface area (Å²) < 4.78 is 6.82. The van der Waals surface area contributed by atoms with Crippen molar-refractivity contribution in [2.75, 3.05) is 12.4 Å². The van der Waals surface area contributed by atoms with Gasteiger partial charge in [0, 0.05) is 19.3 Å². The van der Waals surface area contributed by atoms with E-state index < -0.39 is 0 Å². The highest BCUT2D eigenvalue weighted by atomic mass is 16.5. The van der Waals surface area contributed by atoms with Crippen molar-refractivity contribution < 1.29 is 4.74 Å². The van der Waals surface area contributed by atoms with Crippen LogP contribution in [0.1, 0.15) is 5.69 Å². The van der Waals surface area contributed by atoms with Gasteiger partial charge in [0.05, 0.1) is 31.2 Å². The zero-order valence-corrected chi connectivity index (χ0v) is 9.34. The van der Waals surface area contributed by atoms with Crippen molar-refractivity contribution in [3.05, 3.63) is 36.3 Å². The van der Waals surface area contributed by atoms with Gasteiger partial charge in [-0.15, -0.1) is 0 Å². The van der Waals surface area contributed by atoms with Gasteiger partial charge in [-0.2, -0.15) is 5.10 Å². The van der Waals surface area contributed by atoms with Crippen LogP contribution in [0.3, 0.4) is 0 Å². The van der Waals surface area contributed by atoms with Gasteiger partial charge in [0.25, 0.3) is 0 Å². The molecule has 16 heavy (non-hydrogen) atoms. The predicted molar refractivity (Wildman–Crippen MR) is 61.3 cm³/mol. The molecule has 1 N–H and O–H groups in total. The third kappa shape index (κ3) is 2.31. The Balaban J connectivity index is 1.97. The topological polar surface area (TPSA) is 52.0 Å². The van der Waals surface area contributed by atoms with Crippen LogP contribution < -0.4 is 10.1 Å². The minimum absolute atomic E-state index is 0.617. The number of aryl methyl sites for hydroxylation is 1. The molecule has 0 fully saturated rings. The Morgan fingerprint density at radius 2 is 2.25 bits per heavy atom. The fourth-order valence-electron chi connectivity index (χ4n) is 1.37. The van der Waals surface area contributed by atoms with Crippen LogP contribution in [0.25, 0.3) is 0 Å². The molecule has 2 rings (SSSR count). The van der Waals surface area contributed by atoms with Crippen molar-refractivity contribution in [3.8, 4) is 5.88 Å². The van der Waals surface area contributed by atoms with Crippen molar-refractivity contribution in [1.82, 2.24) is 14.8 Å². The van der Waals surface area contributed by atoms with E-state index >= 15 is 0 Å². The first kappa shape index (κ1) is 10.5. The summed E-state index contributed by atoms with van der Waals surface area (Å²) in [5.74, 6) is 0.617. The predicted octanol–water partition coefficient (Wildman–Crippen LogP) is 1.44. The Morgan fingerprint density at radius 3 is 2.81 bits per heavy atom. The molecule has 0 aliphatic carbocycles. The quantitative estimate of drug-likeness (QED) is 0.843. The fourth-order valence-corrected chi connectivity index (χ4v) is 1.37. The molecule has 0 saturated heterocycles. The van der Waals surface area contributed by atoms with Crippen LogP contribution in [-0.4, -0.2) is 21.9 Å². The lowest BCUT2D eigenvalue weighted by atomic mass is 10.3. The SMILES string of the molecule is COc1ccc(NCc2ccnn2C)cn1. The molecule has 84 valence electrons. The first-order chi connectivity index (χ1) is 7.79. The molecule has 0 aromatic carbocycles. The third-order valence-corrected chi connectivity index (χ3v) is 2.34. The number of methoxy groups -OCH3 is 1. The van der Waals surface area contributed by atoms with Crippen LogP contribution in [0.15, 0.2) is 30.6 Å². The van der Waals surface area contributed by atoms with Crippen molar-refractivity contribution >= 4 is 5.69 Å². The minimum atomic E-state index is 0.617. The Labute approximate surface area is 94.1 Å². The maximum absolute atomic E-state index is 4.99. The van der Waals surface area contributed by atoms with Gasteiger partial charge in [0.15, 0.2) is 0 Å². The van der Waals surface area contributed by atoms with E-state index in [4.69, 9.17) is 4.74 Å². The molecular weight excluding hydrogens is 204 g/mol. The molecule has 0 amide bonds. The second kappa shape index (κ2) is 4.65. The van der Waals surface area contributed by atoms with Crippen molar-refractivity contribution in [2.45, 2.75) is 6.54 Å². The van der Waals surface area contributed by atoms with Gasteiger partial charge in [-0.25, -0.2) is 4.98 Å². The molecule has 0 atom stereocenters. The van der Waals surface area contributed by atoms with Gasteiger partial charge in [-0.1, -0.05) is 0 Å². The number of aromatic nitrogens is 3.